The van der Waals surface area contributed by atoms with E-state index in [2.05, 4.69) is 5.32 Å². The van der Waals surface area contributed by atoms with Crippen molar-refractivity contribution in [2.24, 2.45) is 0 Å². The topological polar surface area (TPSA) is 111 Å². The third-order valence-electron chi connectivity index (χ3n) is 5.34. The Hall–Kier alpha value is -2.95. The van der Waals surface area contributed by atoms with Crippen LogP contribution in [-0.4, -0.2) is 70.2 Å². The molecule has 0 bridgehead atoms. The Morgan fingerprint density at radius 1 is 1.03 bits per heavy atom. The van der Waals surface area contributed by atoms with Crippen LogP contribution in [0.1, 0.15) is 29.8 Å². The molecule has 9 nitrogen and oxygen atoms in total. The fraction of sp³-hybridized carbons (Fsp3) is 0.417. The maximum absolute atomic E-state index is 12.9. The molecule has 0 saturated carbocycles. The number of morpholine rings is 1. The van der Waals surface area contributed by atoms with Gasteiger partial charge < -0.3 is 19.5 Å². The fourth-order valence-electron chi connectivity index (χ4n) is 3.64. The molecular weight excluding hydrogens is 460 g/mol. The summed E-state index contributed by atoms with van der Waals surface area (Å²) in [4.78, 5) is 24.3. The van der Waals surface area contributed by atoms with Gasteiger partial charge in [0.15, 0.2) is 6.61 Å². The van der Waals surface area contributed by atoms with Crippen molar-refractivity contribution >= 4 is 21.9 Å². The average molecular weight is 491 g/mol. The lowest BCUT2D eigenvalue weighted by Crippen LogP contribution is -2.48. The van der Waals surface area contributed by atoms with E-state index in [1.165, 1.54) is 28.6 Å². The van der Waals surface area contributed by atoms with Crippen LogP contribution < -0.4 is 10.1 Å². The summed E-state index contributed by atoms with van der Waals surface area (Å²) in [6.45, 7) is 4.16. The molecule has 1 aliphatic rings. The van der Waals surface area contributed by atoms with Crippen molar-refractivity contribution in [2.45, 2.75) is 37.4 Å². The Morgan fingerprint density at radius 3 is 2.24 bits per heavy atom. The Bertz CT molecular complexity index is 1080. The number of methoxy groups -OCH3 is 1. The third kappa shape index (κ3) is 6.78. The Morgan fingerprint density at radius 2 is 1.65 bits per heavy atom. The molecule has 2 unspecified atom stereocenters. The normalized spacial score (nSPS) is 18.8. The molecule has 2 atom stereocenters. The molecule has 184 valence electrons. The molecule has 34 heavy (non-hydrogen) atoms. The maximum atomic E-state index is 12.9. The van der Waals surface area contributed by atoms with E-state index in [1.54, 1.807) is 7.11 Å². The second kappa shape index (κ2) is 11.5. The van der Waals surface area contributed by atoms with Crippen LogP contribution >= 0.6 is 0 Å². The second-order valence-electron chi connectivity index (χ2n) is 8.13. The SMILES string of the molecule is COc1ccc(CCNC(=O)COC(=O)c2ccc(S(=O)(=O)N3CC(C)OC(C)C3)cc2)cc1. The van der Waals surface area contributed by atoms with Crippen LogP contribution in [0.25, 0.3) is 0 Å². The highest BCUT2D eigenvalue weighted by atomic mass is 32.2. The summed E-state index contributed by atoms with van der Waals surface area (Å²) < 4.78 is 42.9. The number of rotatable bonds is 9. The molecule has 1 heterocycles. The van der Waals surface area contributed by atoms with Crippen LogP contribution in [0.2, 0.25) is 0 Å². The number of hydrogen-bond donors (Lipinski definition) is 1. The van der Waals surface area contributed by atoms with E-state index < -0.39 is 28.5 Å². The van der Waals surface area contributed by atoms with Crippen molar-refractivity contribution in [1.29, 1.82) is 0 Å². The number of esters is 1. The first kappa shape index (κ1) is 25.7. The van der Waals surface area contributed by atoms with Crippen molar-refractivity contribution in [1.82, 2.24) is 9.62 Å². The van der Waals surface area contributed by atoms with Gasteiger partial charge in [-0.05, 0) is 62.2 Å². The van der Waals surface area contributed by atoms with Gasteiger partial charge in [-0.2, -0.15) is 4.31 Å². The summed E-state index contributed by atoms with van der Waals surface area (Å²) >= 11 is 0. The largest absolute Gasteiger partial charge is 0.497 e. The molecule has 1 amide bonds. The lowest BCUT2D eigenvalue weighted by Gasteiger charge is -2.34. The standard InChI is InChI=1S/C24H30N2O7S/c1-17-14-26(15-18(2)33-17)34(29,30)22-10-6-20(7-11-22)24(28)32-16-23(27)25-13-12-19-4-8-21(31-3)9-5-19/h4-11,17-18H,12-16H2,1-3H3,(H,25,27). The molecule has 1 fully saturated rings. The highest BCUT2D eigenvalue weighted by Crippen LogP contribution is 2.21. The summed E-state index contributed by atoms with van der Waals surface area (Å²) in [5, 5.41) is 2.70. The Labute approximate surface area is 200 Å². The van der Waals surface area contributed by atoms with Crippen molar-refractivity contribution in [3.8, 4) is 5.75 Å². The molecule has 3 rings (SSSR count). The second-order valence-corrected chi connectivity index (χ2v) is 10.1. The molecule has 10 heteroatoms. The number of nitrogens with one attached hydrogen (secondary N) is 1. The van der Waals surface area contributed by atoms with Gasteiger partial charge in [-0.1, -0.05) is 12.1 Å². The smallest absolute Gasteiger partial charge is 0.338 e. The molecule has 1 aliphatic heterocycles. The number of amides is 1. The predicted molar refractivity (Wildman–Crippen MR) is 125 cm³/mol. The number of ether oxygens (including phenoxy) is 3. The Kier molecular flexibility index (Phi) is 8.65. The first-order valence-corrected chi connectivity index (χ1v) is 12.5. The van der Waals surface area contributed by atoms with Crippen molar-refractivity contribution in [3.63, 3.8) is 0 Å². The van der Waals surface area contributed by atoms with Crippen LogP contribution in [0.15, 0.2) is 53.4 Å². The van der Waals surface area contributed by atoms with Crippen molar-refractivity contribution < 1.29 is 32.2 Å². The highest BCUT2D eigenvalue weighted by Gasteiger charge is 2.32. The van der Waals surface area contributed by atoms with E-state index in [-0.39, 0.29) is 35.8 Å². The van der Waals surface area contributed by atoms with Gasteiger partial charge in [0.2, 0.25) is 10.0 Å². The zero-order chi connectivity index (χ0) is 24.7. The minimum Gasteiger partial charge on any atom is -0.497 e. The van der Waals surface area contributed by atoms with Crippen molar-refractivity contribution in [2.75, 3.05) is 33.4 Å². The molecule has 1 N–H and O–H groups in total. The molecule has 0 radical (unpaired) electrons. The van der Waals surface area contributed by atoms with Gasteiger partial charge in [0, 0.05) is 19.6 Å². The van der Waals surface area contributed by atoms with Crippen LogP contribution in [0.5, 0.6) is 5.75 Å². The zero-order valence-electron chi connectivity index (χ0n) is 19.5. The van der Waals surface area contributed by atoms with Crippen molar-refractivity contribution in [3.05, 3.63) is 59.7 Å². The van der Waals surface area contributed by atoms with E-state index >= 15 is 0 Å². The van der Waals surface area contributed by atoms with Gasteiger partial charge in [-0.15, -0.1) is 0 Å². The molecule has 0 aromatic heterocycles. The minimum atomic E-state index is -3.70. The number of carbonyl (C=O) groups excluding carboxylic acids is 2. The van der Waals surface area contributed by atoms with E-state index in [4.69, 9.17) is 14.2 Å². The zero-order valence-corrected chi connectivity index (χ0v) is 20.3. The number of hydrogen-bond acceptors (Lipinski definition) is 7. The van der Waals surface area contributed by atoms with Gasteiger partial charge in [0.1, 0.15) is 5.75 Å². The summed E-state index contributed by atoms with van der Waals surface area (Å²) in [5.74, 6) is -0.366. The highest BCUT2D eigenvalue weighted by molar-refractivity contribution is 7.89. The first-order chi connectivity index (χ1) is 16.2. The monoisotopic (exact) mass is 490 g/mol. The summed E-state index contributed by atoms with van der Waals surface area (Å²) in [7, 11) is -2.11. The van der Waals surface area contributed by atoms with Gasteiger partial charge in [0.25, 0.3) is 5.91 Å². The molecule has 2 aromatic rings. The minimum absolute atomic E-state index is 0.0848. The van der Waals surface area contributed by atoms with Gasteiger partial charge in [0.05, 0.1) is 29.8 Å². The molecule has 0 aliphatic carbocycles. The lowest BCUT2D eigenvalue weighted by molar-refractivity contribution is -0.124. The van der Waals surface area contributed by atoms with E-state index in [1.807, 2.05) is 38.1 Å². The van der Waals surface area contributed by atoms with E-state index in [9.17, 15) is 18.0 Å². The summed E-state index contributed by atoms with van der Waals surface area (Å²) in [6.07, 6.45) is 0.227. The van der Waals surface area contributed by atoms with Crippen LogP contribution in [-0.2, 0) is 30.7 Å². The van der Waals surface area contributed by atoms with Gasteiger partial charge in [-0.3, -0.25) is 4.79 Å². The Balaban J connectivity index is 1.47. The average Bonchev–Trinajstić information content (AvgIpc) is 2.82. The number of nitrogens with zero attached hydrogens (tertiary/aromatic N) is 1. The van der Waals surface area contributed by atoms with E-state index in [0.29, 0.717) is 13.0 Å². The predicted octanol–water partition coefficient (Wildman–Crippen LogP) is 2.01. The van der Waals surface area contributed by atoms with Crippen LogP contribution in [0, 0.1) is 0 Å². The lowest BCUT2D eigenvalue weighted by atomic mass is 10.1. The maximum Gasteiger partial charge on any atom is 0.338 e. The number of sulfonamides is 1. The molecule has 1 saturated heterocycles. The third-order valence-corrected chi connectivity index (χ3v) is 7.19. The fourth-order valence-corrected chi connectivity index (χ4v) is 5.23. The first-order valence-electron chi connectivity index (χ1n) is 11.0. The molecule has 0 spiro atoms. The molecule has 2 aromatic carbocycles. The summed E-state index contributed by atoms with van der Waals surface area (Å²) in [5.41, 5.74) is 1.20. The summed E-state index contributed by atoms with van der Waals surface area (Å²) in [6, 6.07) is 13.0. The number of benzene rings is 2. The van der Waals surface area contributed by atoms with Gasteiger partial charge >= 0.3 is 5.97 Å². The van der Waals surface area contributed by atoms with E-state index in [0.717, 1.165) is 11.3 Å². The van der Waals surface area contributed by atoms with Crippen LogP contribution in [0.4, 0.5) is 0 Å². The molecular formula is C24H30N2O7S. The number of carbonyl (C=O) groups is 2. The van der Waals surface area contributed by atoms with Gasteiger partial charge in [-0.25, -0.2) is 13.2 Å². The quantitative estimate of drug-likeness (QED) is 0.535. The van der Waals surface area contributed by atoms with Crippen LogP contribution in [0.3, 0.4) is 0 Å².